The number of hydrogen-bond donors (Lipinski definition) is 2. The van der Waals surface area contributed by atoms with E-state index in [1.54, 1.807) is 19.1 Å². The van der Waals surface area contributed by atoms with Crippen molar-refractivity contribution in [2.24, 2.45) is 0 Å². The van der Waals surface area contributed by atoms with Crippen LogP contribution in [0.15, 0.2) is 45.0 Å². The molecule has 0 bridgehead atoms. The maximum Gasteiger partial charge on any atom is 0.281 e. The molecule has 0 aliphatic rings. The van der Waals surface area contributed by atoms with Gasteiger partial charge in [-0.15, -0.1) is 5.10 Å². The summed E-state index contributed by atoms with van der Waals surface area (Å²) in [6.07, 6.45) is 0. The fourth-order valence-electron chi connectivity index (χ4n) is 3.17. The monoisotopic (exact) mass is 400 g/mol. The Labute approximate surface area is 159 Å². The van der Waals surface area contributed by atoms with Gasteiger partial charge in [0.2, 0.25) is 14.9 Å². The minimum atomic E-state index is -4.03. The Morgan fingerprint density at radius 1 is 1.18 bits per heavy atom. The van der Waals surface area contributed by atoms with Crippen LogP contribution in [0.5, 0.6) is 11.5 Å². The second-order valence-corrected chi connectivity index (χ2v) is 8.24. The molecule has 2 N–H and O–H groups in total. The van der Waals surface area contributed by atoms with E-state index in [0.29, 0.717) is 5.56 Å². The third-order valence-corrected chi connectivity index (χ3v) is 6.33. The van der Waals surface area contributed by atoms with Gasteiger partial charge in [-0.1, -0.05) is 17.7 Å². The van der Waals surface area contributed by atoms with E-state index in [1.807, 2.05) is 6.92 Å². The van der Waals surface area contributed by atoms with Gasteiger partial charge in [-0.2, -0.15) is 4.98 Å². The average molecular weight is 400 g/mol. The summed E-state index contributed by atoms with van der Waals surface area (Å²) in [6, 6.07) is 7.57. The zero-order valence-corrected chi connectivity index (χ0v) is 16.0. The van der Waals surface area contributed by atoms with E-state index in [4.69, 9.17) is 4.74 Å². The highest BCUT2D eigenvalue weighted by atomic mass is 32.2. The number of phenolic OH excluding ortho intramolecular Hbond substituents is 1. The van der Waals surface area contributed by atoms with E-state index in [2.05, 4.69) is 15.3 Å². The molecule has 2 aromatic heterocycles. The summed E-state index contributed by atoms with van der Waals surface area (Å²) in [7, 11) is -2.67. The van der Waals surface area contributed by atoms with Gasteiger partial charge < -0.3 is 9.84 Å². The number of methoxy groups -OCH3 is 1. The van der Waals surface area contributed by atoms with Crippen molar-refractivity contribution in [3.63, 3.8) is 0 Å². The standard InChI is InChI=1S/C18H16N4O5S/c1-9-4-5-15(10(2)6-9)28(25,26)18-16-19-17(24)11-7-14(27-3)13(23)8-12(11)22(16)21-20-18/h4-8,21,23H,1-3H3. The van der Waals surface area contributed by atoms with E-state index in [1.165, 1.54) is 29.8 Å². The zero-order valence-electron chi connectivity index (χ0n) is 15.2. The number of rotatable bonds is 3. The first-order valence-electron chi connectivity index (χ1n) is 8.24. The second kappa shape index (κ2) is 6.06. The number of aromatic amines is 1. The van der Waals surface area contributed by atoms with Gasteiger partial charge in [0.1, 0.15) is 0 Å². The van der Waals surface area contributed by atoms with Crippen molar-refractivity contribution in [2.45, 2.75) is 23.8 Å². The summed E-state index contributed by atoms with van der Waals surface area (Å²) in [4.78, 5) is 16.5. The van der Waals surface area contributed by atoms with Crippen molar-refractivity contribution in [3.05, 3.63) is 51.8 Å². The maximum absolute atomic E-state index is 13.1. The SMILES string of the molecule is COc1cc2c(=O)nc3c(S(=O)(=O)c4ccc(C)cc4C)n[nH]n3c2cc1O. The molecule has 0 fully saturated rings. The summed E-state index contributed by atoms with van der Waals surface area (Å²) in [5.41, 5.74) is 0.900. The molecule has 0 aliphatic heterocycles. The lowest BCUT2D eigenvalue weighted by molar-refractivity contribution is 0.374. The molecule has 0 amide bonds. The van der Waals surface area contributed by atoms with Gasteiger partial charge in [-0.25, -0.2) is 18.1 Å². The van der Waals surface area contributed by atoms with Gasteiger partial charge in [0, 0.05) is 6.07 Å². The molecular formula is C18H16N4O5S. The molecule has 0 radical (unpaired) electrons. The number of phenols is 1. The zero-order chi connectivity index (χ0) is 20.2. The summed E-state index contributed by atoms with van der Waals surface area (Å²) in [6.45, 7) is 3.55. The molecular weight excluding hydrogens is 384 g/mol. The van der Waals surface area contributed by atoms with Gasteiger partial charge >= 0.3 is 0 Å². The van der Waals surface area contributed by atoms with E-state index < -0.39 is 15.4 Å². The number of H-pyrrole nitrogens is 1. The first-order valence-corrected chi connectivity index (χ1v) is 9.72. The molecule has 28 heavy (non-hydrogen) atoms. The van der Waals surface area contributed by atoms with Gasteiger partial charge in [0.25, 0.3) is 5.56 Å². The Balaban J connectivity index is 2.05. The molecule has 4 aromatic rings. The second-order valence-electron chi connectivity index (χ2n) is 6.41. The third-order valence-electron chi connectivity index (χ3n) is 4.51. The van der Waals surface area contributed by atoms with Crippen LogP contribution in [0.3, 0.4) is 0 Å². The van der Waals surface area contributed by atoms with Crippen LogP contribution in [0.4, 0.5) is 0 Å². The van der Waals surface area contributed by atoms with Crippen LogP contribution in [0.25, 0.3) is 16.6 Å². The lowest BCUT2D eigenvalue weighted by Gasteiger charge is -2.07. The fraction of sp³-hybridized carbons (Fsp3) is 0.167. The minimum Gasteiger partial charge on any atom is -0.504 e. The number of hydrogen-bond acceptors (Lipinski definition) is 7. The minimum absolute atomic E-state index is 0.0824. The third kappa shape index (κ3) is 2.53. The highest BCUT2D eigenvalue weighted by Crippen LogP contribution is 2.31. The normalized spacial score (nSPS) is 12.0. The Morgan fingerprint density at radius 3 is 2.61 bits per heavy atom. The van der Waals surface area contributed by atoms with Crippen LogP contribution in [0, 0.1) is 13.8 Å². The molecule has 0 atom stereocenters. The molecule has 4 rings (SSSR count). The topological polar surface area (TPSA) is 127 Å². The van der Waals surface area contributed by atoms with Crippen molar-refractivity contribution < 1.29 is 18.3 Å². The molecule has 0 spiro atoms. The number of benzene rings is 2. The molecule has 0 aliphatic carbocycles. The quantitative estimate of drug-likeness (QED) is 0.536. The van der Waals surface area contributed by atoms with Crippen LogP contribution in [0.1, 0.15) is 11.1 Å². The highest BCUT2D eigenvalue weighted by Gasteiger charge is 2.28. The van der Waals surface area contributed by atoms with Crippen LogP contribution < -0.4 is 10.3 Å². The molecule has 144 valence electrons. The number of aromatic nitrogens is 4. The summed E-state index contributed by atoms with van der Waals surface area (Å²) < 4.78 is 32.6. The molecule has 2 heterocycles. The van der Waals surface area contributed by atoms with E-state index in [-0.39, 0.29) is 38.0 Å². The lowest BCUT2D eigenvalue weighted by atomic mass is 10.2. The molecule has 0 saturated heterocycles. The molecule has 0 unspecified atom stereocenters. The molecule has 0 saturated carbocycles. The number of ether oxygens (including phenoxy) is 1. The number of fused-ring (bicyclic) bond motifs is 3. The number of sulfone groups is 1. The van der Waals surface area contributed by atoms with Gasteiger partial charge in [0.15, 0.2) is 17.1 Å². The lowest BCUT2D eigenvalue weighted by Crippen LogP contribution is -2.12. The van der Waals surface area contributed by atoms with Crippen molar-refractivity contribution >= 4 is 26.4 Å². The van der Waals surface area contributed by atoms with E-state index >= 15 is 0 Å². The smallest absolute Gasteiger partial charge is 0.281 e. The predicted molar refractivity (Wildman–Crippen MR) is 101 cm³/mol. The number of aromatic hydroxyl groups is 1. The van der Waals surface area contributed by atoms with E-state index in [0.717, 1.165) is 5.56 Å². The number of nitrogens with zero attached hydrogens (tertiary/aromatic N) is 3. The van der Waals surface area contributed by atoms with Crippen LogP contribution >= 0.6 is 0 Å². The molecule has 9 nitrogen and oxygen atoms in total. The number of nitrogens with one attached hydrogen (secondary N) is 1. The van der Waals surface area contributed by atoms with Gasteiger partial charge in [-0.05, 0) is 31.5 Å². The van der Waals surface area contributed by atoms with Crippen LogP contribution in [-0.4, -0.2) is 40.4 Å². The first-order chi connectivity index (χ1) is 13.2. The van der Waals surface area contributed by atoms with Gasteiger partial charge in [0.05, 0.1) is 22.9 Å². The highest BCUT2D eigenvalue weighted by molar-refractivity contribution is 7.91. The van der Waals surface area contributed by atoms with Crippen molar-refractivity contribution in [2.75, 3.05) is 7.11 Å². The Hall–Kier alpha value is -3.40. The largest absolute Gasteiger partial charge is 0.504 e. The van der Waals surface area contributed by atoms with E-state index in [9.17, 15) is 18.3 Å². The first kappa shape index (κ1) is 18.0. The maximum atomic E-state index is 13.1. The van der Waals surface area contributed by atoms with Crippen LogP contribution in [-0.2, 0) is 9.84 Å². The van der Waals surface area contributed by atoms with Crippen molar-refractivity contribution in [1.29, 1.82) is 0 Å². The average Bonchev–Trinajstić information content (AvgIpc) is 3.05. The van der Waals surface area contributed by atoms with Crippen LogP contribution in [0.2, 0.25) is 0 Å². The Kier molecular flexibility index (Phi) is 3.89. The van der Waals surface area contributed by atoms with Crippen molar-refractivity contribution in [3.8, 4) is 11.5 Å². The molecule has 2 aromatic carbocycles. The summed E-state index contributed by atoms with van der Waals surface area (Å²) >= 11 is 0. The van der Waals surface area contributed by atoms with Gasteiger partial charge in [-0.3, -0.25) is 4.79 Å². The Morgan fingerprint density at radius 2 is 1.93 bits per heavy atom. The molecule has 10 heteroatoms. The summed E-state index contributed by atoms with van der Waals surface area (Å²) in [5.74, 6) is -0.100. The Bertz CT molecular complexity index is 1420. The van der Waals surface area contributed by atoms with Crippen molar-refractivity contribution in [1.82, 2.24) is 19.8 Å². The fourth-order valence-corrected chi connectivity index (χ4v) is 4.65. The predicted octanol–water partition coefficient (Wildman–Crippen LogP) is 1.73. The summed E-state index contributed by atoms with van der Waals surface area (Å²) in [5, 5.41) is 16.3. The number of aryl methyl sites for hydroxylation is 2.